The van der Waals surface area contributed by atoms with Gasteiger partial charge in [0.25, 0.3) is 15.9 Å². The van der Waals surface area contributed by atoms with Crippen LogP contribution in [-0.4, -0.2) is 26.9 Å². The first kappa shape index (κ1) is 24.5. The Labute approximate surface area is 199 Å². The Hall–Kier alpha value is -3.14. The molecule has 1 amide bonds. The first-order valence-corrected chi connectivity index (χ1v) is 11.7. The minimum atomic E-state index is -4.14. The maximum absolute atomic E-state index is 14.6. The third-order valence-electron chi connectivity index (χ3n) is 4.32. The molecule has 0 bridgehead atoms. The van der Waals surface area contributed by atoms with Crippen LogP contribution < -0.4 is 10.0 Å². The number of ether oxygens (including phenoxy) is 1. The zero-order valence-corrected chi connectivity index (χ0v) is 19.4. The molecule has 0 saturated carbocycles. The number of halogens is 3. The zero-order chi connectivity index (χ0) is 24.2. The van der Waals surface area contributed by atoms with E-state index in [1.54, 1.807) is 6.92 Å². The van der Waals surface area contributed by atoms with Gasteiger partial charge in [0.2, 0.25) is 0 Å². The van der Waals surface area contributed by atoms with Crippen molar-refractivity contribution in [2.75, 3.05) is 16.6 Å². The molecule has 3 rings (SSSR count). The van der Waals surface area contributed by atoms with E-state index in [1.165, 1.54) is 42.5 Å². The van der Waals surface area contributed by atoms with Gasteiger partial charge < -0.3 is 10.1 Å². The summed E-state index contributed by atoms with van der Waals surface area (Å²) < 4.78 is 47.0. The van der Waals surface area contributed by atoms with Crippen molar-refractivity contribution in [1.82, 2.24) is 0 Å². The number of anilines is 2. The number of hydrogen-bond acceptors (Lipinski definition) is 5. The predicted octanol–water partition coefficient (Wildman–Crippen LogP) is 5.36. The van der Waals surface area contributed by atoms with Crippen molar-refractivity contribution in [1.29, 1.82) is 0 Å². The number of rotatable bonds is 7. The third kappa shape index (κ3) is 6.01. The Morgan fingerprint density at radius 1 is 1.00 bits per heavy atom. The maximum Gasteiger partial charge on any atom is 0.338 e. The highest BCUT2D eigenvalue weighted by atomic mass is 35.5. The van der Waals surface area contributed by atoms with Crippen LogP contribution in [0.3, 0.4) is 0 Å². The van der Waals surface area contributed by atoms with Crippen LogP contribution in [0.2, 0.25) is 10.0 Å². The number of amides is 1. The van der Waals surface area contributed by atoms with Gasteiger partial charge in [0.15, 0.2) is 0 Å². The molecule has 0 fully saturated rings. The Morgan fingerprint density at radius 2 is 1.70 bits per heavy atom. The number of carbonyl (C=O) groups excluding carboxylic acids is 2. The summed E-state index contributed by atoms with van der Waals surface area (Å²) in [5.74, 6) is -2.19. The van der Waals surface area contributed by atoms with E-state index in [-0.39, 0.29) is 39.0 Å². The summed E-state index contributed by atoms with van der Waals surface area (Å²) in [6.07, 6.45) is 0. The van der Waals surface area contributed by atoms with Crippen molar-refractivity contribution < 1.29 is 27.1 Å². The van der Waals surface area contributed by atoms with Crippen molar-refractivity contribution in [2.45, 2.75) is 11.8 Å². The quantitative estimate of drug-likeness (QED) is 0.416. The largest absolute Gasteiger partial charge is 0.462 e. The number of esters is 1. The van der Waals surface area contributed by atoms with Crippen LogP contribution in [0, 0.1) is 5.82 Å². The number of nitrogens with one attached hydrogen (secondary N) is 2. The molecule has 33 heavy (non-hydrogen) atoms. The molecule has 0 radical (unpaired) electrons. The van der Waals surface area contributed by atoms with Gasteiger partial charge in [-0.05, 0) is 67.6 Å². The fourth-order valence-electron chi connectivity index (χ4n) is 2.73. The number of hydrogen-bond donors (Lipinski definition) is 2. The second-order valence-electron chi connectivity index (χ2n) is 6.62. The van der Waals surface area contributed by atoms with Gasteiger partial charge in [-0.3, -0.25) is 9.52 Å². The van der Waals surface area contributed by atoms with E-state index in [1.807, 2.05) is 0 Å². The van der Waals surface area contributed by atoms with E-state index >= 15 is 0 Å². The Morgan fingerprint density at radius 3 is 2.30 bits per heavy atom. The Balaban J connectivity index is 1.75. The van der Waals surface area contributed by atoms with Gasteiger partial charge in [-0.25, -0.2) is 17.6 Å². The Bertz CT molecular complexity index is 1310. The monoisotopic (exact) mass is 510 g/mol. The van der Waals surface area contributed by atoms with Crippen molar-refractivity contribution >= 4 is 56.5 Å². The fourth-order valence-corrected chi connectivity index (χ4v) is 4.29. The number of carbonyl (C=O) groups is 2. The SMILES string of the molecule is CCOC(=O)c1ccc(NS(=O)(=O)c2ccc(NC(=O)c3ccc(Cl)cc3Cl)c(F)c2)cc1. The lowest BCUT2D eigenvalue weighted by molar-refractivity contribution is 0.0526. The van der Waals surface area contributed by atoms with E-state index < -0.39 is 27.7 Å². The van der Waals surface area contributed by atoms with Gasteiger partial charge in [0.1, 0.15) is 5.82 Å². The van der Waals surface area contributed by atoms with Crippen LogP contribution in [0.25, 0.3) is 0 Å². The summed E-state index contributed by atoms with van der Waals surface area (Å²) >= 11 is 11.8. The lowest BCUT2D eigenvalue weighted by atomic mass is 10.2. The molecule has 0 aromatic heterocycles. The predicted molar refractivity (Wildman–Crippen MR) is 124 cm³/mol. The van der Waals surface area contributed by atoms with Crippen molar-refractivity contribution in [3.8, 4) is 0 Å². The molecular formula is C22H17Cl2FN2O5S. The average molecular weight is 511 g/mol. The van der Waals surface area contributed by atoms with Crippen LogP contribution in [-0.2, 0) is 14.8 Å². The molecule has 0 spiro atoms. The molecule has 2 N–H and O–H groups in total. The highest BCUT2D eigenvalue weighted by Crippen LogP contribution is 2.25. The van der Waals surface area contributed by atoms with E-state index in [0.29, 0.717) is 5.02 Å². The second kappa shape index (κ2) is 10.2. The van der Waals surface area contributed by atoms with E-state index in [4.69, 9.17) is 27.9 Å². The molecule has 0 saturated heterocycles. The summed E-state index contributed by atoms with van der Waals surface area (Å²) in [6, 6.07) is 12.8. The van der Waals surface area contributed by atoms with Crippen LogP contribution in [0.4, 0.5) is 15.8 Å². The third-order valence-corrected chi connectivity index (χ3v) is 6.25. The van der Waals surface area contributed by atoms with Gasteiger partial charge >= 0.3 is 5.97 Å². The first-order valence-electron chi connectivity index (χ1n) is 9.46. The van der Waals surface area contributed by atoms with Crippen LogP contribution in [0.1, 0.15) is 27.6 Å². The topological polar surface area (TPSA) is 102 Å². The fraction of sp³-hybridized carbons (Fsp3) is 0.0909. The minimum Gasteiger partial charge on any atom is -0.462 e. The molecule has 0 unspecified atom stereocenters. The molecule has 0 heterocycles. The lowest BCUT2D eigenvalue weighted by Gasteiger charge is -2.11. The Kier molecular flexibility index (Phi) is 7.57. The number of benzene rings is 3. The van der Waals surface area contributed by atoms with Gasteiger partial charge in [0, 0.05) is 10.7 Å². The molecule has 3 aromatic rings. The van der Waals surface area contributed by atoms with E-state index in [0.717, 1.165) is 18.2 Å². The molecular weight excluding hydrogens is 494 g/mol. The van der Waals surface area contributed by atoms with Crippen LogP contribution in [0.5, 0.6) is 0 Å². The van der Waals surface area contributed by atoms with Gasteiger partial charge in [0.05, 0.1) is 33.3 Å². The summed E-state index contributed by atoms with van der Waals surface area (Å²) in [5, 5.41) is 2.76. The summed E-state index contributed by atoms with van der Waals surface area (Å²) in [7, 11) is -4.14. The molecule has 172 valence electrons. The summed E-state index contributed by atoms with van der Waals surface area (Å²) in [5.41, 5.74) is 0.263. The van der Waals surface area contributed by atoms with Gasteiger partial charge in [-0.15, -0.1) is 0 Å². The molecule has 0 aliphatic rings. The van der Waals surface area contributed by atoms with E-state index in [2.05, 4.69) is 10.0 Å². The van der Waals surface area contributed by atoms with Crippen LogP contribution in [0.15, 0.2) is 65.6 Å². The first-order chi connectivity index (χ1) is 15.6. The molecule has 0 atom stereocenters. The van der Waals surface area contributed by atoms with E-state index in [9.17, 15) is 22.4 Å². The second-order valence-corrected chi connectivity index (χ2v) is 9.15. The molecule has 0 aliphatic heterocycles. The van der Waals surface area contributed by atoms with Crippen molar-refractivity contribution in [3.05, 3.63) is 87.7 Å². The maximum atomic E-state index is 14.6. The highest BCUT2D eigenvalue weighted by molar-refractivity contribution is 7.92. The average Bonchev–Trinajstić information content (AvgIpc) is 2.75. The normalized spacial score (nSPS) is 11.0. The highest BCUT2D eigenvalue weighted by Gasteiger charge is 2.19. The molecule has 3 aromatic carbocycles. The molecule has 11 heteroatoms. The van der Waals surface area contributed by atoms with Gasteiger partial charge in [-0.1, -0.05) is 23.2 Å². The standard InChI is InChI=1S/C22H17Cl2FN2O5S/c1-2-32-22(29)13-3-6-15(7-4-13)27-33(30,31)16-8-10-20(19(25)12-16)26-21(28)17-9-5-14(23)11-18(17)24/h3-12,27H,2H2,1H3,(H,26,28). The summed E-state index contributed by atoms with van der Waals surface area (Å²) in [4.78, 5) is 23.7. The molecule has 0 aliphatic carbocycles. The minimum absolute atomic E-state index is 0.0742. The zero-order valence-electron chi connectivity index (χ0n) is 17.1. The molecule has 7 nitrogen and oxygen atoms in total. The van der Waals surface area contributed by atoms with Gasteiger partial charge in [-0.2, -0.15) is 0 Å². The van der Waals surface area contributed by atoms with Crippen molar-refractivity contribution in [3.63, 3.8) is 0 Å². The summed E-state index contributed by atoms with van der Waals surface area (Å²) in [6.45, 7) is 1.88. The van der Waals surface area contributed by atoms with Crippen LogP contribution >= 0.6 is 23.2 Å². The number of sulfonamides is 1. The lowest BCUT2D eigenvalue weighted by Crippen LogP contribution is -2.16. The smallest absolute Gasteiger partial charge is 0.338 e. The van der Waals surface area contributed by atoms with Crippen molar-refractivity contribution in [2.24, 2.45) is 0 Å².